The zero-order chi connectivity index (χ0) is 55.8. The van der Waals surface area contributed by atoms with Gasteiger partial charge in [0.1, 0.15) is 23.7 Å². The van der Waals surface area contributed by atoms with Crippen LogP contribution in [0.15, 0.2) is 60.7 Å². The van der Waals surface area contributed by atoms with Gasteiger partial charge < -0.3 is 69.2 Å². The van der Waals surface area contributed by atoms with E-state index in [-0.39, 0.29) is 80.3 Å². The van der Waals surface area contributed by atoms with Gasteiger partial charge in [0.2, 0.25) is 11.8 Å². The Hall–Kier alpha value is -6.47. The fourth-order valence-corrected chi connectivity index (χ4v) is 10.4. The summed E-state index contributed by atoms with van der Waals surface area (Å²) in [6, 6.07) is 18.0. The largest absolute Gasteiger partial charge is 0.491 e. The van der Waals surface area contributed by atoms with Crippen LogP contribution in [0.2, 0.25) is 0 Å². The van der Waals surface area contributed by atoms with Gasteiger partial charge in [-0.25, -0.2) is 0 Å². The smallest absolute Gasteiger partial charge is 0.299 e. The summed E-state index contributed by atoms with van der Waals surface area (Å²) in [5, 5.41) is 35.0. The molecule has 3 amide bonds. The molecule has 0 aliphatic carbocycles. The minimum Gasteiger partial charge on any atom is -0.491 e. The number of amides is 3. The number of rotatable bonds is 35. The third-order valence-electron chi connectivity index (χ3n) is 14.9. The highest BCUT2D eigenvalue weighted by Gasteiger charge is 2.46. The molecule has 7 rings (SSSR count). The number of nitrogens with zero attached hydrogens (tertiary/aromatic N) is 4. The number of aromatic nitrogens is 1. The number of nitrogens with one attached hydrogen (secondary N) is 5. The van der Waals surface area contributed by atoms with Gasteiger partial charge in [-0.1, -0.05) is 19.1 Å². The Labute approximate surface area is 461 Å². The van der Waals surface area contributed by atoms with E-state index in [0.717, 1.165) is 69.1 Å². The van der Waals surface area contributed by atoms with Crippen molar-refractivity contribution in [3.05, 3.63) is 97.7 Å². The number of anilines is 2. The first-order valence-corrected chi connectivity index (χ1v) is 27.7. The molecule has 432 valence electrons. The highest BCUT2D eigenvalue weighted by molar-refractivity contribution is 5.98. The summed E-state index contributed by atoms with van der Waals surface area (Å²) in [6.45, 7) is 15.8. The monoisotopic (exact) mass is 1100 g/mol. The lowest BCUT2D eigenvalue weighted by atomic mass is 9.67. The number of nitro benzene ring substituents is 2. The molecular weight excluding hydrogens is 1020 g/mol. The molecule has 0 bridgehead atoms. The molecule has 0 radical (unpaired) electrons. The number of likely N-dealkylation sites (tertiary alicyclic amines) is 2. The summed E-state index contributed by atoms with van der Waals surface area (Å²) < 4.78 is 39.0. The Morgan fingerprint density at radius 3 is 1.95 bits per heavy atom. The average molecular weight is 1100 g/mol. The van der Waals surface area contributed by atoms with E-state index in [2.05, 4.69) is 63.2 Å². The summed E-state index contributed by atoms with van der Waals surface area (Å²) >= 11 is 0. The van der Waals surface area contributed by atoms with E-state index >= 15 is 0 Å². The lowest BCUT2D eigenvalue weighted by molar-refractivity contribution is -0.393. The lowest BCUT2D eigenvalue weighted by Gasteiger charge is -2.45. The van der Waals surface area contributed by atoms with Crippen molar-refractivity contribution in [1.29, 1.82) is 0 Å². The molecule has 23 heteroatoms. The molecule has 1 spiro atoms. The summed E-state index contributed by atoms with van der Waals surface area (Å²) in [6.07, 6.45) is 4.55. The number of ether oxygens (including phenoxy) is 7. The third-order valence-corrected chi connectivity index (χ3v) is 14.9. The van der Waals surface area contributed by atoms with E-state index in [0.29, 0.717) is 95.9 Å². The highest BCUT2D eigenvalue weighted by Crippen LogP contribution is 2.47. The molecule has 4 heterocycles. The van der Waals surface area contributed by atoms with Gasteiger partial charge in [0.05, 0.1) is 95.2 Å². The van der Waals surface area contributed by atoms with E-state index in [1.807, 2.05) is 29.2 Å². The fraction of sp³-hybridized carbons (Fsp3) is 0.589. The van der Waals surface area contributed by atoms with E-state index < -0.39 is 15.5 Å². The van der Waals surface area contributed by atoms with E-state index in [1.54, 1.807) is 0 Å². The van der Waals surface area contributed by atoms with Gasteiger partial charge in [-0.15, -0.1) is 0 Å². The van der Waals surface area contributed by atoms with Crippen LogP contribution in [-0.4, -0.2) is 187 Å². The van der Waals surface area contributed by atoms with Crippen molar-refractivity contribution in [2.24, 2.45) is 11.8 Å². The Balaban J connectivity index is 0.613. The quantitative estimate of drug-likeness (QED) is 0.0206. The van der Waals surface area contributed by atoms with E-state index in [1.165, 1.54) is 41.8 Å². The van der Waals surface area contributed by atoms with Crippen molar-refractivity contribution < 1.29 is 57.4 Å². The normalized spacial score (nSPS) is 17.4. The highest BCUT2D eigenvalue weighted by atomic mass is 16.6. The van der Waals surface area contributed by atoms with Crippen LogP contribution in [0.5, 0.6) is 5.75 Å². The van der Waals surface area contributed by atoms with Crippen LogP contribution in [0.4, 0.5) is 22.7 Å². The number of non-ortho nitro benzene ring substituents is 1. The van der Waals surface area contributed by atoms with Crippen LogP contribution < -0.4 is 26.0 Å². The Morgan fingerprint density at radius 1 is 0.709 bits per heavy atom. The number of H-pyrrole nitrogens is 1. The molecule has 3 aliphatic rings. The number of hydrogen-bond donors (Lipinski definition) is 5. The van der Waals surface area contributed by atoms with Gasteiger partial charge >= 0.3 is 0 Å². The first kappa shape index (κ1) is 60.2. The van der Waals surface area contributed by atoms with Gasteiger partial charge in [-0.3, -0.25) is 34.6 Å². The molecule has 5 N–H and O–H groups in total. The van der Waals surface area contributed by atoms with Crippen LogP contribution in [-0.2, 0) is 43.4 Å². The summed E-state index contributed by atoms with van der Waals surface area (Å²) in [5.74, 6) is 1.48. The van der Waals surface area contributed by atoms with E-state index in [9.17, 15) is 34.6 Å². The second-order valence-electron chi connectivity index (χ2n) is 20.3. The van der Waals surface area contributed by atoms with Crippen molar-refractivity contribution in [2.45, 2.75) is 57.8 Å². The topological polar surface area (TPSA) is 272 Å². The minimum atomic E-state index is -0.694. The molecule has 2 unspecified atom stereocenters. The van der Waals surface area contributed by atoms with E-state index in [4.69, 9.17) is 33.2 Å². The summed E-state index contributed by atoms with van der Waals surface area (Å²) in [7, 11) is 0. The predicted octanol–water partition coefficient (Wildman–Crippen LogP) is 5.84. The zero-order valence-corrected chi connectivity index (χ0v) is 45.7. The van der Waals surface area contributed by atoms with Gasteiger partial charge in [-0.2, -0.15) is 0 Å². The maximum absolute atomic E-state index is 13.6. The van der Waals surface area contributed by atoms with Gasteiger partial charge in [0, 0.05) is 86.7 Å². The summed E-state index contributed by atoms with van der Waals surface area (Å²) in [4.78, 5) is 66.5. The molecule has 0 saturated carbocycles. The number of carbonyl (C=O) groups excluding carboxylic acids is 3. The molecule has 2 saturated heterocycles. The molecule has 3 aromatic carbocycles. The standard InChI is InChI=1S/C56H79N9O14/c1-41-3-6-47-50(35-41)60-40-56(47)14-21-62(39-42(56)2)18-11-43-12-19-63(20-13-43)55(68)51-37-44-36-46(5-8-48(44)61-51)79-34-33-78-32-31-77-30-27-75-24-17-59-54(67)10-9-53(66)58-16-23-74-26-29-76-28-25-73-22-15-57-49-7-4-45(64(69)70)38-52(49)65(71)72/h3-8,35-38,42-43,57,60-61H,9-34,39-40H2,1-2H3,(H,58,66)(H,59,67). The molecule has 4 aromatic rings. The number of aryl methyl sites for hydroxylation is 1. The van der Waals surface area contributed by atoms with Crippen LogP contribution in [0.25, 0.3) is 10.9 Å². The first-order valence-electron chi connectivity index (χ1n) is 27.7. The Morgan fingerprint density at radius 2 is 1.33 bits per heavy atom. The van der Waals surface area contributed by atoms with Crippen LogP contribution in [0.3, 0.4) is 0 Å². The minimum absolute atomic E-state index is 0.0428. The number of benzene rings is 3. The number of nitro groups is 2. The lowest BCUT2D eigenvalue weighted by Crippen LogP contribution is -2.50. The van der Waals surface area contributed by atoms with Crippen molar-refractivity contribution in [3.8, 4) is 5.75 Å². The van der Waals surface area contributed by atoms with Gasteiger partial charge in [0.15, 0.2) is 0 Å². The summed E-state index contributed by atoms with van der Waals surface area (Å²) in [5.41, 5.74) is 5.30. The van der Waals surface area contributed by atoms with Gasteiger partial charge in [-0.05, 0) is 105 Å². The van der Waals surface area contributed by atoms with Crippen molar-refractivity contribution in [2.75, 3.05) is 155 Å². The molecule has 2 atom stereocenters. The second-order valence-corrected chi connectivity index (χ2v) is 20.3. The number of aromatic amines is 1. The number of carbonyl (C=O) groups is 3. The van der Waals surface area contributed by atoms with Gasteiger partial charge in [0.25, 0.3) is 17.3 Å². The maximum Gasteiger partial charge on any atom is 0.299 e. The molecule has 2 fully saturated rings. The van der Waals surface area contributed by atoms with Crippen molar-refractivity contribution in [3.63, 3.8) is 0 Å². The van der Waals surface area contributed by atoms with Crippen molar-refractivity contribution in [1.82, 2.24) is 25.4 Å². The Kier molecular flexibility index (Phi) is 23.9. The molecule has 23 nitrogen and oxygen atoms in total. The van der Waals surface area contributed by atoms with Crippen LogP contribution in [0, 0.1) is 39.0 Å². The predicted molar refractivity (Wildman–Crippen MR) is 297 cm³/mol. The SMILES string of the molecule is Cc1ccc2c(c1)NCC21CCN(CCC2CCN(C(=O)c3cc4cc(OCCOCCOCCOCCNC(=O)CCC(=O)NCCOCCOCCOCCNc5ccc([N+](=O)[O-])cc5[N+](=O)[O-])ccc4[nH]3)CC2)CC1C. The molecular formula is C56H79N9O14. The molecule has 1 aromatic heterocycles. The third kappa shape index (κ3) is 18.6. The average Bonchev–Trinajstić information content (AvgIpc) is 4.30. The Bertz CT molecular complexity index is 2610. The fourth-order valence-electron chi connectivity index (χ4n) is 10.4. The van der Waals surface area contributed by atoms with Crippen LogP contribution >= 0.6 is 0 Å². The second kappa shape index (κ2) is 31.4. The number of hydrogen-bond acceptors (Lipinski definition) is 17. The zero-order valence-electron chi connectivity index (χ0n) is 45.7. The number of piperidine rings is 2. The maximum atomic E-state index is 13.6. The number of fused-ring (bicyclic) bond motifs is 3. The first-order chi connectivity index (χ1) is 38.4. The molecule has 3 aliphatic heterocycles. The van der Waals surface area contributed by atoms with Crippen LogP contribution in [0.1, 0.15) is 67.1 Å². The molecule has 79 heavy (non-hydrogen) atoms. The van der Waals surface area contributed by atoms with Crippen molar-refractivity contribution >= 4 is 51.4 Å².